The summed E-state index contributed by atoms with van der Waals surface area (Å²) in [4.78, 5) is 18.6. The van der Waals surface area contributed by atoms with Crippen LogP contribution in [0.25, 0.3) is 0 Å². The Morgan fingerprint density at radius 3 is 2.44 bits per heavy atom. The fraction of sp³-hybridized carbons (Fsp3) is 0.333. The van der Waals surface area contributed by atoms with E-state index < -0.39 is 22.8 Å². The molecule has 0 atom stereocenters. The number of carbonyl (C=O) groups excluding carboxylic acids is 1. The van der Waals surface area contributed by atoms with Crippen molar-refractivity contribution in [3.05, 3.63) is 45.7 Å². The summed E-state index contributed by atoms with van der Waals surface area (Å²) in [5, 5.41) is 0.459. The molecule has 0 aliphatic carbocycles. The van der Waals surface area contributed by atoms with Crippen LogP contribution in [-0.2, 0) is 6.18 Å². The van der Waals surface area contributed by atoms with Gasteiger partial charge < -0.3 is 9.80 Å². The molecule has 10 heteroatoms. The summed E-state index contributed by atoms with van der Waals surface area (Å²) < 4.78 is 51.8. The zero-order valence-electron chi connectivity index (χ0n) is 12.7. The first-order chi connectivity index (χ1) is 11.8. The number of hydrogen-bond donors (Lipinski definition) is 0. The molecule has 1 aromatic carbocycles. The zero-order chi connectivity index (χ0) is 18.2. The van der Waals surface area contributed by atoms with E-state index in [9.17, 15) is 22.4 Å². The standard InChI is InChI=1S/C15H12ClF4N3OS/c16-9-1-2-10(11(17)7-9)13(24)22-3-5-23(6-4-22)14-21-8-12(25-14)15(18,19)20/h1-2,7-8H,3-6H2. The summed E-state index contributed by atoms with van der Waals surface area (Å²) in [5.74, 6) is -1.17. The summed E-state index contributed by atoms with van der Waals surface area (Å²) in [7, 11) is 0. The number of aromatic nitrogens is 1. The van der Waals surface area contributed by atoms with Gasteiger partial charge in [-0.25, -0.2) is 9.37 Å². The number of nitrogens with zero attached hydrogens (tertiary/aromatic N) is 3. The predicted octanol–water partition coefficient (Wildman–Crippen LogP) is 3.92. The van der Waals surface area contributed by atoms with Gasteiger partial charge in [0.1, 0.15) is 10.7 Å². The first kappa shape index (κ1) is 17.9. The van der Waals surface area contributed by atoms with E-state index >= 15 is 0 Å². The number of amides is 1. The van der Waals surface area contributed by atoms with Gasteiger partial charge in [-0.1, -0.05) is 22.9 Å². The maximum atomic E-state index is 13.9. The number of rotatable bonds is 2. The van der Waals surface area contributed by atoms with Crippen molar-refractivity contribution in [2.75, 3.05) is 31.1 Å². The van der Waals surface area contributed by atoms with Crippen molar-refractivity contribution in [3.8, 4) is 0 Å². The summed E-state index contributed by atoms with van der Waals surface area (Å²) in [6, 6.07) is 3.82. The second kappa shape index (κ2) is 6.80. The number of alkyl halides is 3. The van der Waals surface area contributed by atoms with Crippen molar-refractivity contribution in [3.63, 3.8) is 0 Å². The molecule has 0 bridgehead atoms. The van der Waals surface area contributed by atoms with E-state index in [-0.39, 0.29) is 28.8 Å². The van der Waals surface area contributed by atoms with Crippen molar-refractivity contribution in [1.29, 1.82) is 0 Å². The van der Waals surface area contributed by atoms with E-state index in [1.807, 2.05) is 0 Å². The van der Waals surface area contributed by atoms with Crippen molar-refractivity contribution in [1.82, 2.24) is 9.88 Å². The van der Waals surface area contributed by atoms with Crippen LogP contribution in [0.3, 0.4) is 0 Å². The summed E-state index contributed by atoms with van der Waals surface area (Å²) >= 11 is 6.24. The van der Waals surface area contributed by atoms with E-state index in [1.165, 1.54) is 17.0 Å². The highest BCUT2D eigenvalue weighted by molar-refractivity contribution is 7.15. The van der Waals surface area contributed by atoms with Gasteiger partial charge in [-0.05, 0) is 18.2 Å². The summed E-state index contributed by atoms with van der Waals surface area (Å²) in [5.41, 5.74) is -0.0774. The number of hydrogen-bond acceptors (Lipinski definition) is 4. The van der Waals surface area contributed by atoms with Gasteiger partial charge in [0, 0.05) is 31.2 Å². The number of benzene rings is 1. The van der Waals surface area contributed by atoms with Crippen molar-refractivity contribution >= 4 is 34.0 Å². The van der Waals surface area contributed by atoms with Gasteiger partial charge >= 0.3 is 6.18 Å². The third kappa shape index (κ3) is 3.87. The Morgan fingerprint density at radius 1 is 1.20 bits per heavy atom. The molecule has 0 spiro atoms. The molecule has 1 aliphatic rings. The van der Waals surface area contributed by atoms with Gasteiger partial charge in [-0.3, -0.25) is 4.79 Å². The van der Waals surface area contributed by atoms with E-state index in [1.54, 1.807) is 4.90 Å². The van der Waals surface area contributed by atoms with Crippen molar-refractivity contribution in [2.45, 2.75) is 6.18 Å². The second-order valence-corrected chi connectivity index (χ2v) is 6.85. The topological polar surface area (TPSA) is 36.4 Å². The number of carbonyl (C=O) groups is 1. The van der Waals surface area contributed by atoms with Crippen LogP contribution in [0.1, 0.15) is 15.2 Å². The van der Waals surface area contributed by atoms with Gasteiger partial charge in [0.2, 0.25) is 0 Å². The van der Waals surface area contributed by atoms with Gasteiger partial charge in [-0.15, -0.1) is 0 Å². The van der Waals surface area contributed by atoms with Crippen molar-refractivity contribution < 1.29 is 22.4 Å². The number of thiazole rings is 1. The van der Waals surface area contributed by atoms with Crippen LogP contribution < -0.4 is 4.90 Å². The van der Waals surface area contributed by atoms with E-state index in [0.717, 1.165) is 12.3 Å². The van der Waals surface area contributed by atoms with Gasteiger partial charge in [0.15, 0.2) is 5.13 Å². The molecule has 0 saturated carbocycles. The lowest BCUT2D eigenvalue weighted by Crippen LogP contribution is -2.49. The average Bonchev–Trinajstić information content (AvgIpc) is 3.05. The Bertz CT molecular complexity index is 787. The summed E-state index contributed by atoms with van der Waals surface area (Å²) in [6.45, 7) is 1.18. The molecule has 1 saturated heterocycles. The third-order valence-electron chi connectivity index (χ3n) is 3.77. The molecule has 134 valence electrons. The van der Waals surface area contributed by atoms with E-state index in [0.29, 0.717) is 24.4 Å². The zero-order valence-corrected chi connectivity index (χ0v) is 14.3. The first-order valence-electron chi connectivity index (χ1n) is 7.28. The molecule has 0 unspecified atom stereocenters. The van der Waals surface area contributed by atoms with Crippen LogP contribution in [-0.4, -0.2) is 42.0 Å². The largest absolute Gasteiger partial charge is 0.427 e. The highest BCUT2D eigenvalue weighted by Crippen LogP contribution is 2.36. The minimum Gasteiger partial charge on any atom is -0.345 e. The van der Waals surface area contributed by atoms with Crippen LogP contribution >= 0.6 is 22.9 Å². The Kier molecular flexibility index (Phi) is 4.88. The van der Waals surface area contributed by atoms with E-state index in [2.05, 4.69) is 4.98 Å². The molecule has 1 amide bonds. The molecule has 4 nitrogen and oxygen atoms in total. The molecule has 1 aromatic heterocycles. The molecule has 0 radical (unpaired) electrons. The Balaban J connectivity index is 1.65. The first-order valence-corrected chi connectivity index (χ1v) is 8.47. The lowest BCUT2D eigenvalue weighted by atomic mass is 10.1. The monoisotopic (exact) mass is 393 g/mol. The lowest BCUT2D eigenvalue weighted by molar-refractivity contribution is -0.134. The third-order valence-corrected chi connectivity index (χ3v) is 5.11. The SMILES string of the molecule is O=C(c1ccc(Cl)cc1F)N1CCN(c2ncc(C(F)(F)F)s2)CC1. The average molecular weight is 394 g/mol. The van der Waals surface area contributed by atoms with Gasteiger partial charge in [-0.2, -0.15) is 13.2 Å². The van der Waals surface area contributed by atoms with Crippen LogP contribution in [0, 0.1) is 5.82 Å². The number of piperazine rings is 1. The molecule has 1 fully saturated rings. The van der Waals surface area contributed by atoms with Crippen LogP contribution in [0.4, 0.5) is 22.7 Å². The number of anilines is 1. The maximum absolute atomic E-state index is 13.9. The highest BCUT2D eigenvalue weighted by atomic mass is 35.5. The Morgan fingerprint density at radius 2 is 1.88 bits per heavy atom. The fourth-order valence-electron chi connectivity index (χ4n) is 2.48. The molecular weight excluding hydrogens is 382 g/mol. The quantitative estimate of drug-likeness (QED) is 0.726. The predicted molar refractivity (Wildman–Crippen MR) is 86.6 cm³/mol. The minimum absolute atomic E-state index is 0.0774. The molecule has 2 aromatic rings. The Labute approximate surface area is 149 Å². The molecule has 25 heavy (non-hydrogen) atoms. The lowest BCUT2D eigenvalue weighted by Gasteiger charge is -2.34. The van der Waals surface area contributed by atoms with Gasteiger partial charge in [0.25, 0.3) is 5.91 Å². The van der Waals surface area contributed by atoms with Gasteiger partial charge in [0.05, 0.1) is 11.8 Å². The normalized spacial score (nSPS) is 15.6. The minimum atomic E-state index is -4.42. The van der Waals surface area contributed by atoms with Crippen LogP contribution in [0.15, 0.2) is 24.4 Å². The van der Waals surface area contributed by atoms with Crippen LogP contribution in [0.2, 0.25) is 5.02 Å². The van der Waals surface area contributed by atoms with E-state index in [4.69, 9.17) is 11.6 Å². The molecule has 2 heterocycles. The number of halogens is 5. The fourth-order valence-corrected chi connectivity index (χ4v) is 3.47. The van der Waals surface area contributed by atoms with Crippen molar-refractivity contribution in [2.24, 2.45) is 0 Å². The molecule has 0 N–H and O–H groups in total. The second-order valence-electron chi connectivity index (χ2n) is 5.41. The summed E-state index contributed by atoms with van der Waals surface area (Å²) in [6.07, 6.45) is -3.61. The van der Waals surface area contributed by atoms with Crippen LogP contribution in [0.5, 0.6) is 0 Å². The maximum Gasteiger partial charge on any atom is 0.427 e. The molecule has 3 rings (SSSR count). The molecular formula is C15H12ClF4N3OS. The smallest absolute Gasteiger partial charge is 0.345 e. The molecule has 1 aliphatic heterocycles. The Hall–Kier alpha value is -1.87. The highest BCUT2D eigenvalue weighted by Gasteiger charge is 2.34.